The summed E-state index contributed by atoms with van der Waals surface area (Å²) in [5, 5.41) is 6.74. The number of carbonyl (C=O) groups excluding carboxylic acids is 2. The van der Waals surface area contributed by atoms with Gasteiger partial charge in [-0.3, -0.25) is 14.3 Å². The molecule has 0 unspecified atom stereocenters. The summed E-state index contributed by atoms with van der Waals surface area (Å²) in [6.07, 6.45) is -1.98. The van der Waals surface area contributed by atoms with Crippen molar-refractivity contribution in [2.24, 2.45) is 5.73 Å². The molecule has 35 heavy (non-hydrogen) atoms. The van der Waals surface area contributed by atoms with Gasteiger partial charge in [-0.15, -0.1) is 0 Å². The number of hydrogen-bond acceptors (Lipinski definition) is 4. The Kier molecular flexibility index (Phi) is 7.02. The van der Waals surface area contributed by atoms with Crippen LogP contribution in [0, 0.1) is 0 Å². The molecule has 1 aliphatic rings. The minimum absolute atomic E-state index is 0.0836. The van der Waals surface area contributed by atoms with E-state index in [9.17, 15) is 22.8 Å². The molecule has 7 nitrogen and oxygen atoms in total. The third-order valence-electron chi connectivity index (χ3n) is 5.71. The Hall–Kier alpha value is -3.53. The molecule has 0 spiro atoms. The fourth-order valence-corrected chi connectivity index (χ4v) is 4.23. The molecule has 2 aromatic carbocycles. The van der Waals surface area contributed by atoms with Crippen molar-refractivity contribution in [1.29, 1.82) is 0 Å². The summed E-state index contributed by atoms with van der Waals surface area (Å²) in [7, 11) is 0. The molecule has 1 heterocycles. The van der Waals surface area contributed by atoms with Crippen LogP contribution < -0.4 is 15.8 Å². The molecule has 3 aromatic rings. The fraction of sp³-hybridized carbons (Fsp3) is 0.292. The van der Waals surface area contributed by atoms with Crippen LogP contribution in [0.15, 0.2) is 42.5 Å². The lowest BCUT2D eigenvalue weighted by Gasteiger charge is -2.15. The number of amides is 2. The summed E-state index contributed by atoms with van der Waals surface area (Å²) in [6.45, 7) is 0.289. The number of nitrogens with two attached hydrogens (primary N) is 1. The summed E-state index contributed by atoms with van der Waals surface area (Å²) in [6, 6.07) is 10.6. The molecular formula is C24H22ClF3N4O3. The normalized spacial score (nSPS) is 13.3. The van der Waals surface area contributed by atoms with Gasteiger partial charge in [-0.05, 0) is 68.1 Å². The van der Waals surface area contributed by atoms with Gasteiger partial charge in [-0.2, -0.15) is 18.3 Å². The van der Waals surface area contributed by atoms with Crippen LogP contribution in [0.25, 0.3) is 0 Å². The quantitative estimate of drug-likeness (QED) is 0.478. The number of ether oxygens (including phenoxy) is 1. The second-order valence-corrected chi connectivity index (χ2v) is 8.52. The summed E-state index contributed by atoms with van der Waals surface area (Å²) < 4.78 is 47.0. The number of fused-ring (bicyclic) bond motifs is 1. The second kappa shape index (κ2) is 9.99. The average molecular weight is 507 g/mol. The summed E-state index contributed by atoms with van der Waals surface area (Å²) in [5.41, 5.74) is 6.07. The van der Waals surface area contributed by atoms with Crippen LogP contribution in [-0.4, -0.2) is 28.2 Å². The Labute approximate surface area is 204 Å². The van der Waals surface area contributed by atoms with Crippen molar-refractivity contribution < 1.29 is 27.5 Å². The Morgan fingerprint density at radius 3 is 2.51 bits per heavy atom. The van der Waals surface area contributed by atoms with Crippen molar-refractivity contribution in [2.75, 3.05) is 11.9 Å². The van der Waals surface area contributed by atoms with E-state index >= 15 is 0 Å². The zero-order chi connectivity index (χ0) is 25.2. The van der Waals surface area contributed by atoms with Crippen molar-refractivity contribution in [3.05, 3.63) is 75.6 Å². The Morgan fingerprint density at radius 2 is 1.83 bits per heavy atom. The van der Waals surface area contributed by atoms with Gasteiger partial charge < -0.3 is 15.8 Å². The SMILES string of the molecule is NC(=O)c1cc(Cl)ccc1NC(=O)c1ccc(OCCn2nc(C(F)(F)F)c3c2CCCC3)cc1. The zero-order valence-electron chi connectivity index (χ0n) is 18.5. The van der Waals surface area contributed by atoms with Crippen LogP contribution in [0.3, 0.4) is 0 Å². The van der Waals surface area contributed by atoms with Crippen LogP contribution in [0.1, 0.15) is 50.5 Å². The molecule has 0 radical (unpaired) electrons. The highest BCUT2D eigenvalue weighted by Crippen LogP contribution is 2.35. The lowest BCUT2D eigenvalue weighted by molar-refractivity contribution is -0.142. The van der Waals surface area contributed by atoms with Crippen LogP contribution in [0.2, 0.25) is 5.02 Å². The first-order chi connectivity index (χ1) is 16.6. The number of halogens is 4. The van der Waals surface area contributed by atoms with Gasteiger partial charge in [0.25, 0.3) is 11.8 Å². The molecule has 0 saturated heterocycles. The maximum absolute atomic E-state index is 13.3. The molecular weight excluding hydrogens is 485 g/mol. The van der Waals surface area contributed by atoms with Crippen LogP contribution in [-0.2, 0) is 25.6 Å². The Balaban J connectivity index is 1.38. The van der Waals surface area contributed by atoms with Gasteiger partial charge in [0.2, 0.25) is 0 Å². The third-order valence-corrected chi connectivity index (χ3v) is 5.94. The van der Waals surface area contributed by atoms with E-state index in [0.29, 0.717) is 40.4 Å². The molecule has 0 atom stereocenters. The molecule has 0 fully saturated rings. The lowest BCUT2D eigenvalue weighted by atomic mass is 9.95. The molecule has 0 saturated carbocycles. The van der Waals surface area contributed by atoms with Gasteiger partial charge in [0.1, 0.15) is 12.4 Å². The number of rotatable bonds is 7. The van der Waals surface area contributed by atoms with Crippen molar-refractivity contribution >= 4 is 29.1 Å². The van der Waals surface area contributed by atoms with Crippen molar-refractivity contribution in [1.82, 2.24) is 9.78 Å². The van der Waals surface area contributed by atoms with Crippen LogP contribution in [0.4, 0.5) is 18.9 Å². The number of nitrogens with zero attached hydrogens (tertiary/aromatic N) is 2. The van der Waals surface area contributed by atoms with E-state index in [4.69, 9.17) is 22.1 Å². The fourth-order valence-electron chi connectivity index (χ4n) is 4.06. The predicted octanol–water partition coefficient (Wildman–Crippen LogP) is 4.86. The Morgan fingerprint density at radius 1 is 1.11 bits per heavy atom. The van der Waals surface area contributed by atoms with Gasteiger partial charge in [-0.25, -0.2) is 0 Å². The number of carbonyl (C=O) groups is 2. The highest BCUT2D eigenvalue weighted by Gasteiger charge is 2.39. The standard InChI is InChI=1S/C24H22ClF3N4O3/c25-15-7-10-19(18(13-15)22(29)33)30-23(34)14-5-8-16(9-6-14)35-12-11-32-20-4-2-1-3-17(20)21(31-32)24(26,27)28/h5-10,13H,1-4,11-12H2,(H2,29,33)(H,30,34). The van der Waals surface area contributed by atoms with Crippen LogP contribution in [0.5, 0.6) is 5.75 Å². The number of aromatic nitrogens is 2. The highest BCUT2D eigenvalue weighted by molar-refractivity contribution is 6.31. The maximum Gasteiger partial charge on any atom is 0.435 e. The lowest BCUT2D eigenvalue weighted by Crippen LogP contribution is -2.18. The number of nitrogens with one attached hydrogen (secondary N) is 1. The van der Waals surface area contributed by atoms with Crippen LogP contribution >= 0.6 is 11.6 Å². The van der Waals surface area contributed by atoms with E-state index < -0.39 is 23.7 Å². The van der Waals surface area contributed by atoms with Crippen molar-refractivity contribution in [2.45, 2.75) is 38.4 Å². The number of alkyl halides is 3. The largest absolute Gasteiger partial charge is 0.492 e. The van der Waals surface area contributed by atoms with E-state index in [1.54, 1.807) is 12.1 Å². The third kappa shape index (κ3) is 5.59. The molecule has 1 aromatic heterocycles. The Bertz CT molecular complexity index is 1260. The van der Waals surface area contributed by atoms with Gasteiger partial charge in [-0.1, -0.05) is 11.6 Å². The van der Waals surface area contributed by atoms with E-state index in [-0.39, 0.29) is 24.4 Å². The number of hydrogen-bond donors (Lipinski definition) is 2. The average Bonchev–Trinajstić information content (AvgIpc) is 3.20. The monoisotopic (exact) mass is 506 g/mol. The zero-order valence-corrected chi connectivity index (χ0v) is 19.2. The number of benzene rings is 2. The van der Waals surface area contributed by atoms with Gasteiger partial charge in [0, 0.05) is 21.8 Å². The highest BCUT2D eigenvalue weighted by atomic mass is 35.5. The van der Waals surface area contributed by atoms with Gasteiger partial charge >= 0.3 is 6.18 Å². The predicted molar refractivity (Wildman–Crippen MR) is 124 cm³/mol. The van der Waals surface area contributed by atoms with E-state index in [2.05, 4.69) is 10.4 Å². The number of primary amides is 1. The second-order valence-electron chi connectivity index (χ2n) is 8.08. The molecule has 4 rings (SSSR count). The van der Waals surface area contributed by atoms with E-state index in [1.807, 2.05) is 0 Å². The molecule has 2 amide bonds. The first-order valence-corrected chi connectivity index (χ1v) is 11.3. The molecule has 11 heteroatoms. The van der Waals surface area contributed by atoms with Gasteiger partial charge in [0.15, 0.2) is 5.69 Å². The minimum atomic E-state index is -4.48. The molecule has 3 N–H and O–H groups in total. The number of anilines is 1. The summed E-state index contributed by atoms with van der Waals surface area (Å²) >= 11 is 5.88. The van der Waals surface area contributed by atoms with E-state index in [0.717, 1.165) is 12.8 Å². The summed E-state index contributed by atoms with van der Waals surface area (Å²) in [4.78, 5) is 24.2. The van der Waals surface area contributed by atoms with E-state index in [1.165, 1.54) is 35.0 Å². The molecule has 0 aliphatic heterocycles. The summed E-state index contributed by atoms with van der Waals surface area (Å²) in [5.74, 6) is -0.750. The first-order valence-electron chi connectivity index (χ1n) is 10.9. The molecule has 184 valence electrons. The molecule has 0 bridgehead atoms. The molecule has 1 aliphatic carbocycles. The van der Waals surface area contributed by atoms with Crippen molar-refractivity contribution in [3.63, 3.8) is 0 Å². The maximum atomic E-state index is 13.3. The smallest absolute Gasteiger partial charge is 0.435 e. The topological polar surface area (TPSA) is 99.2 Å². The first kappa shape index (κ1) is 24.6. The minimum Gasteiger partial charge on any atom is -0.492 e. The van der Waals surface area contributed by atoms with Gasteiger partial charge in [0.05, 0.1) is 17.8 Å². The van der Waals surface area contributed by atoms with Crippen molar-refractivity contribution in [3.8, 4) is 5.75 Å².